The molecule has 0 bridgehead atoms. The van der Waals surface area contributed by atoms with E-state index < -0.39 is 5.82 Å². The Labute approximate surface area is 89.7 Å². The average molecular weight is 209 g/mol. The summed E-state index contributed by atoms with van der Waals surface area (Å²) in [6.07, 6.45) is 0. The molecule has 1 rings (SSSR count). The minimum Gasteiger partial charge on any atom is -0.339 e. The number of nitrogens with zero attached hydrogens (tertiary/aromatic N) is 1. The van der Waals surface area contributed by atoms with Gasteiger partial charge < -0.3 is 4.90 Å². The molecule has 0 aliphatic rings. The summed E-state index contributed by atoms with van der Waals surface area (Å²) >= 11 is 0. The van der Waals surface area contributed by atoms with Crippen LogP contribution in [-0.2, 0) is 0 Å². The second-order valence-electron chi connectivity index (χ2n) is 3.41. The van der Waals surface area contributed by atoms with E-state index in [0.29, 0.717) is 18.7 Å². The molecular formula is C12H16FNO. The van der Waals surface area contributed by atoms with Crippen molar-refractivity contribution in [3.05, 3.63) is 35.1 Å². The predicted molar refractivity (Wildman–Crippen MR) is 58.4 cm³/mol. The summed E-state index contributed by atoms with van der Waals surface area (Å²) < 4.78 is 13.6. The molecule has 0 fully saturated rings. The molecule has 0 radical (unpaired) electrons. The van der Waals surface area contributed by atoms with E-state index in [1.807, 2.05) is 13.8 Å². The summed E-state index contributed by atoms with van der Waals surface area (Å²) in [4.78, 5) is 13.5. The van der Waals surface area contributed by atoms with Crippen molar-refractivity contribution in [3.8, 4) is 0 Å². The van der Waals surface area contributed by atoms with E-state index in [1.54, 1.807) is 24.0 Å². The zero-order valence-corrected chi connectivity index (χ0v) is 9.38. The van der Waals surface area contributed by atoms with Crippen molar-refractivity contribution in [2.45, 2.75) is 20.8 Å². The Hall–Kier alpha value is -1.38. The summed E-state index contributed by atoms with van der Waals surface area (Å²) in [5.41, 5.74) is 0.673. The minimum atomic E-state index is -0.408. The first kappa shape index (κ1) is 11.7. The Bertz CT molecular complexity index is 359. The largest absolute Gasteiger partial charge is 0.339 e. The quantitative estimate of drug-likeness (QED) is 0.749. The number of halogens is 1. The smallest absolute Gasteiger partial charge is 0.256 e. The Kier molecular flexibility index (Phi) is 3.83. The molecule has 0 spiro atoms. The van der Waals surface area contributed by atoms with Crippen LogP contribution >= 0.6 is 0 Å². The van der Waals surface area contributed by atoms with Crippen molar-refractivity contribution in [1.29, 1.82) is 0 Å². The molecule has 0 atom stereocenters. The standard InChI is InChI=1S/C12H16FNO/c1-4-14(5-2)12(15)10-8-6-7-9(3)11(10)13/h6-8H,4-5H2,1-3H3. The van der Waals surface area contributed by atoms with Crippen LogP contribution < -0.4 is 0 Å². The number of hydrogen-bond donors (Lipinski definition) is 0. The molecule has 0 N–H and O–H groups in total. The topological polar surface area (TPSA) is 20.3 Å². The maximum atomic E-state index is 13.6. The molecule has 1 aromatic rings. The lowest BCUT2D eigenvalue weighted by Crippen LogP contribution is -2.31. The van der Waals surface area contributed by atoms with Crippen molar-refractivity contribution in [2.75, 3.05) is 13.1 Å². The minimum absolute atomic E-state index is 0.165. The SMILES string of the molecule is CCN(CC)C(=O)c1cccc(C)c1F. The fraction of sp³-hybridized carbons (Fsp3) is 0.417. The zero-order chi connectivity index (χ0) is 11.4. The van der Waals surface area contributed by atoms with E-state index in [4.69, 9.17) is 0 Å². The number of aryl methyl sites for hydroxylation is 1. The molecule has 2 nitrogen and oxygen atoms in total. The molecule has 0 aliphatic carbocycles. The van der Waals surface area contributed by atoms with E-state index in [-0.39, 0.29) is 11.5 Å². The maximum absolute atomic E-state index is 13.6. The summed E-state index contributed by atoms with van der Waals surface area (Å²) in [7, 11) is 0. The number of carbonyl (C=O) groups is 1. The molecule has 0 saturated heterocycles. The van der Waals surface area contributed by atoms with Gasteiger partial charge in [0.1, 0.15) is 5.82 Å². The highest BCUT2D eigenvalue weighted by Crippen LogP contribution is 2.14. The summed E-state index contributed by atoms with van der Waals surface area (Å²) in [6.45, 7) is 6.63. The second kappa shape index (κ2) is 4.91. The van der Waals surface area contributed by atoms with Crippen LogP contribution in [0.15, 0.2) is 18.2 Å². The van der Waals surface area contributed by atoms with Crippen molar-refractivity contribution >= 4 is 5.91 Å². The fourth-order valence-electron chi connectivity index (χ4n) is 1.49. The predicted octanol–water partition coefficient (Wildman–Crippen LogP) is 2.62. The highest BCUT2D eigenvalue weighted by molar-refractivity contribution is 5.94. The Balaban J connectivity index is 3.05. The lowest BCUT2D eigenvalue weighted by molar-refractivity contribution is 0.0768. The first-order valence-corrected chi connectivity index (χ1v) is 5.16. The van der Waals surface area contributed by atoms with Gasteiger partial charge in [-0.2, -0.15) is 0 Å². The number of hydrogen-bond acceptors (Lipinski definition) is 1. The van der Waals surface area contributed by atoms with E-state index in [0.717, 1.165) is 0 Å². The number of benzene rings is 1. The van der Waals surface area contributed by atoms with Crippen LogP contribution in [0.5, 0.6) is 0 Å². The van der Waals surface area contributed by atoms with Crippen LogP contribution in [0.4, 0.5) is 4.39 Å². The normalized spacial score (nSPS) is 10.1. The molecule has 0 unspecified atom stereocenters. The molecule has 1 aromatic carbocycles. The van der Waals surface area contributed by atoms with Crippen LogP contribution in [-0.4, -0.2) is 23.9 Å². The fourth-order valence-corrected chi connectivity index (χ4v) is 1.49. The van der Waals surface area contributed by atoms with Crippen LogP contribution in [0.25, 0.3) is 0 Å². The monoisotopic (exact) mass is 209 g/mol. The van der Waals surface area contributed by atoms with Gasteiger partial charge in [-0.05, 0) is 32.4 Å². The number of amides is 1. The van der Waals surface area contributed by atoms with Crippen LogP contribution in [0.3, 0.4) is 0 Å². The van der Waals surface area contributed by atoms with Gasteiger partial charge in [0.2, 0.25) is 0 Å². The number of rotatable bonds is 3. The Morgan fingerprint density at radius 2 is 1.93 bits per heavy atom. The lowest BCUT2D eigenvalue weighted by atomic mass is 10.1. The van der Waals surface area contributed by atoms with Gasteiger partial charge in [0.25, 0.3) is 5.91 Å². The summed E-state index contributed by atoms with van der Waals surface area (Å²) in [5, 5.41) is 0. The van der Waals surface area contributed by atoms with Gasteiger partial charge in [-0.15, -0.1) is 0 Å². The van der Waals surface area contributed by atoms with E-state index in [9.17, 15) is 9.18 Å². The molecule has 0 aliphatic heterocycles. The molecular weight excluding hydrogens is 193 g/mol. The van der Waals surface area contributed by atoms with Crippen molar-refractivity contribution < 1.29 is 9.18 Å². The summed E-state index contributed by atoms with van der Waals surface area (Å²) in [5.74, 6) is -0.643. The number of carbonyl (C=O) groups excluding carboxylic acids is 1. The molecule has 0 aromatic heterocycles. The van der Waals surface area contributed by atoms with Gasteiger partial charge >= 0.3 is 0 Å². The third kappa shape index (κ3) is 2.35. The van der Waals surface area contributed by atoms with Crippen LogP contribution in [0, 0.1) is 12.7 Å². The molecule has 0 saturated carbocycles. The molecule has 15 heavy (non-hydrogen) atoms. The van der Waals surface area contributed by atoms with E-state index in [2.05, 4.69) is 0 Å². The average Bonchev–Trinajstić information content (AvgIpc) is 2.23. The van der Waals surface area contributed by atoms with Crippen molar-refractivity contribution in [1.82, 2.24) is 4.90 Å². The molecule has 82 valence electrons. The van der Waals surface area contributed by atoms with Gasteiger partial charge in [0, 0.05) is 13.1 Å². The highest BCUT2D eigenvalue weighted by Gasteiger charge is 2.17. The second-order valence-corrected chi connectivity index (χ2v) is 3.41. The third-order valence-corrected chi connectivity index (χ3v) is 2.47. The van der Waals surface area contributed by atoms with Gasteiger partial charge in [-0.25, -0.2) is 4.39 Å². The molecule has 3 heteroatoms. The third-order valence-electron chi connectivity index (χ3n) is 2.47. The van der Waals surface area contributed by atoms with Crippen LogP contribution in [0.1, 0.15) is 29.8 Å². The zero-order valence-electron chi connectivity index (χ0n) is 9.38. The molecule has 0 heterocycles. The van der Waals surface area contributed by atoms with Gasteiger partial charge in [0.05, 0.1) is 5.56 Å². The first-order chi connectivity index (χ1) is 7.11. The Morgan fingerprint density at radius 1 is 1.33 bits per heavy atom. The van der Waals surface area contributed by atoms with Crippen molar-refractivity contribution in [2.24, 2.45) is 0 Å². The first-order valence-electron chi connectivity index (χ1n) is 5.16. The maximum Gasteiger partial charge on any atom is 0.256 e. The highest BCUT2D eigenvalue weighted by atomic mass is 19.1. The van der Waals surface area contributed by atoms with Crippen LogP contribution in [0.2, 0.25) is 0 Å². The van der Waals surface area contributed by atoms with Gasteiger partial charge in [-0.3, -0.25) is 4.79 Å². The van der Waals surface area contributed by atoms with E-state index in [1.165, 1.54) is 6.07 Å². The van der Waals surface area contributed by atoms with Gasteiger partial charge in [0.15, 0.2) is 0 Å². The van der Waals surface area contributed by atoms with Gasteiger partial charge in [-0.1, -0.05) is 12.1 Å². The van der Waals surface area contributed by atoms with Crippen molar-refractivity contribution in [3.63, 3.8) is 0 Å². The molecule has 1 amide bonds. The van der Waals surface area contributed by atoms with E-state index >= 15 is 0 Å². The summed E-state index contributed by atoms with van der Waals surface area (Å²) in [6, 6.07) is 4.90. The Morgan fingerprint density at radius 3 is 2.47 bits per heavy atom. The lowest BCUT2D eigenvalue weighted by Gasteiger charge is -2.19.